The van der Waals surface area contributed by atoms with E-state index in [2.05, 4.69) is 10.2 Å². The Morgan fingerprint density at radius 1 is 1.08 bits per heavy atom. The summed E-state index contributed by atoms with van der Waals surface area (Å²) in [4.78, 5) is 14.8. The van der Waals surface area contributed by atoms with Crippen molar-refractivity contribution < 1.29 is 14.6 Å². The summed E-state index contributed by atoms with van der Waals surface area (Å²) in [7, 11) is 0. The first-order valence-electron chi connectivity index (χ1n) is 9.13. The van der Waals surface area contributed by atoms with Crippen molar-refractivity contribution in [3.63, 3.8) is 0 Å². The molecule has 3 rings (SSSR count). The number of hydrogen-bond donors (Lipinski definition) is 2. The summed E-state index contributed by atoms with van der Waals surface area (Å²) in [5, 5.41) is 13.3. The Kier molecular flexibility index (Phi) is 6.63. The van der Waals surface area contributed by atoms with Gasteiger partial charge < -0.3 is 15.2 Å². The number of hydrogen-bond acceptors (Lipinski definition) is 4. The molecule has 1 heterocycles. The van der Waals surface area contributed by atoms with Crippen LogP contribution in [-0.2, 0) is 9.53 Å². The van der Waals surface area contributed by atoms with Crippen LogP contribution >= 0.6 is 0 Å². The van der Waals surface area contributed by atoms with Gasteiger partial charge in [0.15, 0.2) is 0 Å². The van der Waals surface area contributed by atoms with Gasteiger partial charge >= 0.3 is 0 Å². The fourth-order valence-corrected chi connectivity index (χ4v) is 3.31. The van der Waals surface area contributed by atoms with Crippen LogP contribution in [0.4, 0.5) is 0 Å². The van der Waals surface area contributed by atoms with E-state index in [0.717, 1.165) is 44.0 Å². The molecule has 2 aromatic rings. The molecule has 1 aliphatic rings. The number of rotatable bonds is 7. The van der Waals surface area contributed by atoms with E-state index in [1.54, 1.807) is 12.1 Å². The molecule has 2 aromatic carbocycles. The minimum atomic E-state index is -0.166. The van der Waals surface area contributed by atoms with Gasteiger partial charge in [-0.2, -0.15) is 0 Å². The zero-order valence-electron chi connectivity index (χ0n) is 14.9. The van der Waals surface area contributed by atoms with Crippen LogP contribution in [0.3, 0.4) is 0 Å². The summed E-state index contributed by atoms with van der Waals surface area (Å²) >= 11 is 0. The highest BCUT2D eigenvalue weighted by molar-refractivity contribution is 5.77. The number of phenols is 1. The first-order chi connectivity index (χ1) is 12.7. The lowest BCUT2D eigenvalue weighted by molar-refractivity contribution is -0.121. The number of ether oxygens (including phenoxy) is 1. The van der Waals surface area contributed by atoms with Crippen molar-refractivity contribution in [2.45, 2.75) is 12.3 Å². The Labute approximate surface area is 154 Å². The number of para-hydroxylation sites is 1. The van der Waals surface area contributed by atoms with Crippen molar-refractivity contribution >= 4 is 5.91 Å². The first kappa shape index (κ1) is 18.4. The van der Waals surface area contributed by atoms with E-state index in [1.807, 2.05) is 42.5 Å². The Morgan fingerprint density at radius 2 is 1.77 bits per heavy atom. The summed E-state index contributed by atoms with van der Waals surface area (Å²) in [6, 6.07) is 17.1. The van der Waals surface area contributed by atoms with Crippen LogP contribution < -0.4 is 5.32 Å². The second-order valence-corrected chi connectivity index (χ2v) is 6.53. The molecule has 0 bridgehead atoms. The molecular weight excluding hydrogens is 328 g/mol. The molecule has 0 unspecified atom stereocenters. The van der Waals surface area contributed by atoms with Crippen LogP contribution in [0.1, 0.15) is 23.5 Å². The average molecular weight is 354 g/mol. The standard InChI is InChI=1S/C21H26N2O3/c24-20-9-5-4-8-18(20)19(17-6-2-1-3-7-17)16-21(25)22-10-11-23-12-14-26-15-13-23/h1-9,19,24H,10-16H2,(H,22,25)/t19-/m0/s1. The van der Waals surface area contributed by atoms with E-state index in [4.69, 9.17) is 4.74 Å². The maximum atomic E-state index is 12.5. The van der Waals surface area contributed by atoms with Crippen LogP contribution in [0, 0.1) is 0 Å². The van der Waals surface area contributed by atoms with E-state index >= 15 is 0 Å². The molecule has 0 aliphatic carbocycles. The molecule has 26 heavy (non-hydrogen) atoms. The van der Waals surface area contributed by atoms with Crippen molar-refractivity contribution in [1.29, 1.82) is 0 Å². The number of carbonyl (C=O) groups is 1. The third-order valence-electron chi connectivity index (χ3n) is 4.76. The molecule has 1 fully saturated rings. The number of benzene rings is 2. The molecule has 5 nitrogen and oxygen atoms in total. The van der Waals surface area contributed by atoms with Gasteiger partial charge in [-0.05, 0) is 11.6 Å². The predicted octanol–water partition coefficient (Wildman–Crippen LogP) is 2.36. The fourth-order valence-electron chi connectivity index (χ4n) is 3.31. The zero-order valence-corrected chi connectivity index (χ0v) is 14.9. The van der Waals surface area contributed by atoms with Crippen LogP contribution in [0.5, 0.6) is 5.75 Å². The van der Waals surface area contributed by atoms with E-state index < -0.39 is 0 Å². The van der Waals surface area contributed by atoms with E-state index in [1.165, 1.54) is 0 Å². The first-order valence-corrected chi connectivity index (χ1v) is 9.13. The van der Waals surface area contributed by atoms with Crippen molar-refractivity contribution in [3.05, 3.63) is 65.7 Å². The highest BCUT2D eigenvalue weighted by Crippen LogP contribution is 2.33. The highest BCUT2D eigenvalue weighted by Gasteiger charge is 2.21. The summed E-state index contributed by atoms with van der Waals surface area (Å²) < 4.78 is 5.34. The van der Waals surface area contributed by atoms with E-state index in [9.17, 15) is 9.90 Å². The summed E-state index contributed by atoms with van der Waals surface area (Å²) in [6.07, 6.45) is 0.310. The molecule has 138 valence electrons. The third-order valence-corrected chi connectivity index (χ3v) is 4.76. The molecule has 0 radical (unpaired) electrons. The number of morpholine rings is 1. The van der Waals surface area contributed by atoms with Crippen LogP contribution in [0.2, 0.25) is 0 Å². The van der Waals surface area contributed by atoms with E-state index in [-0.39, 0.29) is 17.6 Å². The molecule has 0 spiro atoms. The predicted molar refractivity (Wildman–Crippen MR) is 101 cm³/mol. The Hall–Kier alpha value is -2.37. The Balaban J connectivity index is 1.62. The van der Waals surface area contributed by atoms with E-state index in [0.29, 0.717) is 13.0 Å². The van der Waals surface area contributed by atoms with Gasteiger partial charge in [-0.1, -0.05) is 48.5 Å². The number of nitrogens with one attached hydrogen (secondary N) is 1. The molecule has 1 amide bonds. The number of aromatic hydroxyl groups is 1. The van der Waals surface area contributed by atoms with Gasteiger partial charge in [0.25, 0.3) is 0 Å². The molecule has 1 saturated heterocycles. The highest BCUT2D eigenvalue weighted by atomic mass is 16.5. The number of nitrogens with zero attached hydrogens (tertiary/aromatic N) is 1. The van der Waals surface area contributed by atoms with Crippen molar-refractivity contribution in [1.82, 2.24) is 10.2 Å². The lowest BCUT2D eigenvalue weighted by atomic mass is 9.87. The van der Waals surface area contributed by atoms with Crippen molar-refractivity contribution in [3.8, 4) is 5.75 Å². The minimum Gasteiger partial charge on any atom is -0.508 e. The molecule has 5 heteroatoms. The summed E-state index contributed by atoms with van der Waals surface area (Å²) in [5.41, 5.74) is 1.80. The SMILES string of the molecule is O=C(C[C@@H](c1ccccc1)c1ccccc1O)NCCN1CCOCC1. The van der Waals surface area contributed by atoms with Crippen LogP contribution in [0.15, 0.2) is 54.6 Å². The maximum absolute atomic E-state index is 12.5. The van der Waals surface area contributed by atoms with Gasteiger partial charge in [0, 0.05) is 44.1 Å². The lowest BCUT2D eigenvalue weighted by Crippen LogP contribution is -2.41. The third kappa shape index (κ3) is 5.07. The quantitative estimate of drug-likeness (QED) is 0.801. The second-order valence-electron chi connectivity index (χ2n) is 6.53. The van der Waals surface area contributed by atoms with Gasteiger partial charge in [-0.3, -0.25) is 9.69 Å². The normalized spacial score (nSPS) is 16.2. The Morgan fingerprint density at radius 3 is 2.50 bits per heavy atom. The maximum Gasteiger partial charge on any atom is 0.220 e. The number of amides is 1. The Bertz CT molecular complexity index is 699. The van der Waals surface area contributed by atoms with Crippen LogP contribution in [-0.4, -0.2) is 55.3 Å². The monoisotopic (exact) mass is 354 g/mol. The van der Waals surface area contributed by atoms with Crippen molar-refractivity contribution in [2.75, 3.05) is 39.4 Å². The van der Waals surface area contributed by atoms with Crippen molar-refractivity contribution in [2.24, 2.45) is 0 Å². The lowest BCUT2D eigenvalue weighted by Gasteiger charge is -2.26. The number of carbonyl (C=O) groups excluding carboxylic acids is 1. The van der Waals surface area contributed by atoms with Gasteiger partial charge in [0.1, 0.15) is 5.75 Å². The van der Waals surface area contributed by atoms with Gasteiger partial charge in [0.2, 0.25) is 5.91 Å². The second kappa shape index (κ2) is 9.36. The van der Waals surface area contributed by atoms with Gasteiger partial charge in [-0.15, -0.1) is 0 Å². The molecule has 1 aliphatic heterocycles. The summed E-state index contributed by atoms with van der Waals surface area (Å²) in [5.74, 6) is 0.0543. The largest absolute Gasteiger partial charge is 0.508 e. The summed E-state index contributed by atoms with van der Waals surface area (Å²) in [6.45, 7) is 4.82. The molecule has 1 atom stereocenters. The molecule has 0 aromatic heterocycles. The smallest absolute Gasteiger partial charge is 0.220 e. The molecule has 2 N–H and O–H groups in total. The van der Waals surface area contributed by atoms with Crippen LogP contribution in [0.25, 0.3) is 0 Å². The zero-order chi connectivity index (χ0) is 18.2. The molecular formula is C21H26N2O3. The average Bonchev–Trinajstić information content (AvgIpc) is 2.68. The van der Waals surface area contributed by atoms with Gasteiger partial charge in [0.05, 0.1) is 13.2 Å². The fraction of sp³-hybridized carbons (Fsp3) is 0.381. The van der Waals surface area contributed by atoms with Gasteiger partial charge in [-0.25, -0.2) is 0 Å². The molecule has 0 saturated carbocycles. The number of phenolic OH excluding ortho intramolecular Hbond substituents is 1. The minimum absolute atomic E-state index is 0.00429. The topological polar surface area (TPSA) is 61.8 Å².